The first kappa shape index (κ1) is 14.7. The zero-order valence-electron chi connectivity index (χ0n) is 12.1. The minimum absolute atomic E-state index is 0.0259. The van der Waals surface area contributed by atoms with E-state index < -0.39 is 0 Å². The summed E-state index contributed by atoms with van der Waals surface area (Å²) in [6.07, 6.45) is 1.64. The Bertz CT molecular complexity index is 643. The summed E-state index contributed by atoms with van der Waals surface area (Å²) >= 11 is 1.40. The lowest BCUT2D eigenvalue weighted by molar-refractivity contribution is -0.121. The van der Waals surface area contributed by atoms with Gasteiger partial charge < -0.3 is 10.2 Å². The summed E-state index contributed by atoms with van der Waals surface area (Å²) in [4.78, 5) is 30.5. The van der Waals surface area contributed by atoms with Gasteiger partial charge in [-0.3, -0.25) is 9.59 Å². The molecule has 0 radical (unpaired) electrons. The van der Waals surface area contributed by atoms with Gasteiger partial charge >= 0.3 is 0 Å². The van der Waals surface area contributed by atoms with Crippen LogP contribution in [0.3, 0.4) is 0 Å². The number of nitrogens with one attached hydrogen (secondary N) is 1. The van der Waals surface area contributed by atoms with Crippen molar-refractivity contribution in [1.82, 2.24) is 9.88 Å². The van der Waals surface area contributed by atoms with Gasteiger partial charge in [-0.05, 0) is 25.0 Å². The summed E-state index contributed by atoms with van der Waals surface area (Å²) in [5, 5.41) is 4.66. The van der Waals surface area contributed by atoms with Gasteiger partial charge in [-0.15, -0.1) is 11.3 Å². The Hall–Kier alpha value is -2.21. The molecular weight excluding hydrogens is 298 g/mol. The van der Waals surface area contributed by atoms with Crippen LogP contribution in [0.15, 0.2) is 41.2 Å². The standard InChI is InChI=1S/C16H17N3O2S/c20-15(18-13-6-2-1-3-7-13)12-5-4-8-19(9-12)16(21)14-10-22-11-17-14/h1-3,6-7,10-12H,4-5,8-9H2,(H,18,20)/t12-/m1/s1. The minimum atomic E-state index is -0.170. The maximum absolute atomic E-state index is 12.4. The lowest BCUT2D eigenvalue weighted by Crippen LogP contribution is -2.43. The molecule has 6 heteroatoms. The number of benzene rings is 1. The van der Waals surface area contributed by atoms with E-state index >= 15 is 0 Å². The van der Waals surface area contributed by atoms with Crippen molar-refractivity contribution in [2.45, 2.75) is 12.8 Å². The molecule has 0 unspecified atom stereocenters. The Morgan fingerprint density at radius 2 is 2.09 bits per heavy atom. The Balaban J connectivity index is 1.63. The molecule has 1 aliphatic heterocycles. The number of carbonyl (C=O) groups excluding carboxylic acids is 2. The monoisotopic (exact) mass is 315 g/mol. The van der Waals surface area contributed by atoms with Crippen molar-refractivity contribution >= 4 is 28.8 Å². The number of para-hydroxylation sites is 1. The third-order valence-corrected chi connectivity index (χ3v) is 4.36. The van der Waals surface area contributed by atoms with Gasteiger partial charge in [-0.1, -0.05) is 18.2 Å². The molecule has 2 amide bonds. The van der Waals surface area contributed by atoms with E-state index in [9.17, 15) is 9.59 Å². The number of nitrogens with zero attached hydrogens (tertiary/aromatic N) is 2. The van der Waals surface area contributed by atoms with Crippen molar-refractivity contribution in [2.24, 2.45) is 5.92 Å². The number of hydrogen-bond donors (Lipinski definition) is 1. The van der Waals surface area contributed by atoms with Gasteiger partial charge in [0, 0.05) is 24.2 Å². The number of carbonyl (C=O) groups is 2. The third-order valence-electron chi connectivity index (χ3n) is 3.77. The molecule has 1 atom stereocenters. The lowest BCUT2D eigenvalue weighted by atomic mass is 9.96. The molecule has 0 spiro atoms. The summed E-state index contributed by atoms with van der Waals surface area (Å²) in [5.74, 6) is -0.281. The fourth-order valence-corrected chi connectivity index (χ4v) is 3.15. The summed E-state index contributed by atoms with van der Waals surface area (Å²) in [6, 6.07) is 9.39. The zero-order valence-corrected chi connectivity index (χ0v) is 12.9. The molecule has 2 heterocycles. The van der Waals surface area contributed by atoms with Crippen LogP contribution < -0.4 is 5.32 Å². The minimum Gasteiger partial charge on any atom is -0.336 e. The Kier molecular flexibility index (Phi) is 4.48. The first-order valence-corrected chi connectivity index (χ1v) is 8.21. The van der Waals surface area contributed by atoms with Crippen LogP contribution in [0.25, 0.3) is 0 Å². The van der Waals surface area contributed by atoms with Gasteiger partial charge in [0.1, 0.15) is 5.69 Å². The Labute approximate surface area is 133 Å². The summed E-state index contributed by atoms with van der Waals surface area (Å²) in [7, 11) is 0. The van der Waals surface area contributed by atoms with Crippen LogP contribution in [0, 0.1) is 5.92 Å². The predicted molar refractivity (Wildman–Crippen MR) is 85.8 cm³/mol. The fraction of sp³-hybridized carbons (Fsp3) is 0.312. The van der Waals surface area contributed by atoms with E-state index in [0.717, 1.165) is 18.5 Å². The Morgan fingerprint density at radius 1 is 1.27 bits per heavy atom. The van der Waals surface area contributed by atoms with E-state index in [1.165, 1.54) is 11.3 Å². The molecule has 22 heavy (non-hydrogen) atoms. The number of piperidine rings is 1. The second kappa shape index (κ2) is 6.70. The van der Waals surface area contributed by atoms with Gasteiger partial charge in [0.25, 0.3) is 5.91 Å². The number of anilines is 1. The number of hydrogen-bond acceptors (Lipinski definition) is 4. The highest BCUT2D eigenvalue weighted by atomic mass is 32.1. The first-order valence-electron chi connectivity index (χ1n) is 7.27. The molecule has 1 N–H and O–H groups in total. The number of amides is 2. The van der Waals surface area contributed by atoms with Crippen LogP contribution in [0.4, 0.5) is 5.69 Å². The largest absolute Gasteiger partial charge is 0.336 e. The second-order valence-corrected chi connectivity index (χ2v) is 6.04. The van der Waals surface area contributed by atoms with Crippen LogP contribution in [-0.2, 0) is 4.79 Å². The number of rotatable bonds is 3. The molecule has 114 valence electrons. The molecule has 1 aromatic heterocycles. The summed E-state index contributed by atoms with van der Waals surface area (Å²) in [6.45, 7) is 1.14. The third kappa shape index (κ3) is 3.33. The van der Waals surface area contributed by atoms with E-state index in [0.29, 0.717) is 18.8 Å². The first-order chi connectivity index (χ1) is 10.7. The summed E-state index contributed by atoms with van der Waals surface area (Å²) in [5.41, 5.74) is 2.90. The molecule has 0 bridgehead atoms. The van der Waals surface area contributed by atoms with Crippen molar-refractivity contribution in [3.8, 4) is 0 Å². The summed E-state index contributed by atoms with van der Waals surface area (Å²) < 4.78 is 0. The molecule has 1 fully saturated rings. The van der Waals surface area contributed by atoms with E-state index in [2.05, 4.69) is 10.3 Å². The molecule has 0 saturated carbocycles. The maximum Gasteiger partial charge on any atom is 0.273 e. The van der Waals surface area contributed by atoms with Crippen LogP contribution in [0.2, 0.25) is 0 Å². The SMILES string of the molecule is O=C(Nc1ccccc1)[C@@H]1CCCN(C(=O)c2cscn2)C1. The molecule has 3 rings (SSSR count). The second-order valence-electron chi connectivity index (χ2n) is 5.32. The van der Waals surface area contributed by atoms with E-state index in [1.54, 1.807) is 15.8 Å². The molecule has 2 aromatic rings. The lowest BCUT2D eigenvalue weighted by Gasteiger charge is -2.31. The van der Waals surface area contributed by atoms with Gasteiger partial charge in [0.2, 0.25) is 5.91 Å². The molecule has 5 nitrogen and oxygen atoms in total. The van der Waals surface area contributed by atoms with Gasteiger partial charge in [-0.2, -0.15) is 0 Å². The highest BCUT2D eigenvalue weighted by Gasteiger charge is 2.29. The van der Waals surface area contributed by atoms with Crippen LogP contribution >= 0.6 is 11.3 Å². The quantitative estimate of drug-likeness (QED) is 0.947. The van der Waals surface area contributed by atoms with E-state index in [1.807, 2.05) is 30.3 Å². The van der Waals surface area contributed by atoms with Crippen LogP contribution in [0.1, 0.15) is 23.3 Å². The average molecular weight is 315 g/mol. The van der Waals surface area contributed by atoms with Crippen molar-refractivity contribution < 1.29 is 9.59 Å². The maximum atomic E-state index is 12.4. The van der Waals surface area contributed by atoms with Gasteiger partial charge in [0.05, 0.1) is 11.4 Å². The highest BCUT2D eigenvalue weighted by Crippen LogP contribution is 2.20. The van der Waals surface area contributed by atoms with Gasteiger partial charge in [-0.25, -0.2) is 4.98 Å². The molecule has 1 aliphatic rings. The number of likely N-dealkylation sites (tertiary alicyclic amines) is 1. The Morgan fingerprint density at radius 3 is 2.82 bits per heavy atom. The van der Waals surface area contributed by atoms with Crippen LogP contribution in [0.5, 0.6) is 0 Å². The van der Waals surface area contributed by atoms with Crippen molar-refractivity contribution in [1.29, 1.82) is 0 Å². The van der Waals surface area contributed by atoms with Crippen molar-refractivity contribution in [3.63, 3.8) is 0 Å². The molecule has 1 aromatic carbocycles. The number of aromatic nitrogens is 1. The number of thiazole rings is 1. The molecule has 1 saturated heterocycles. The highest BCUT2D eigenvalue weighted by molar-refractivity contribution is 7.07. The normalized spacial score (nSPS) is 18.0. The zero-order chi connectivity index (χ0) is 15.4. The van der Waals surface area contributed by atoms with Crippen LogP contribution in [-0.4, -0.2) is 34.8 Å². The average Bonchev–Trinajstić information content (AvgIpc) is 3.09. The van der Waals surface area contributed by atoms with E-state index in [-0.39, 0.29) is 17.7 Å². The van der Waals surface area contributed by atoms with Crippen molar-refractivity contribution in [2.75, 3.05) is 18.4 Å². The topological polar surface area (TPSA) is 62.3 Å². The molecule has 0 aliphatic carbocycles. The fourth-order valence-electron chi connectivity index (χ4n) is 2.62. The smallest absolute Gasteiger partial charge is 0.273 e. The van der Waals surface area contributed by atoms with Gasteiger partial charge in [0.15, 0.2) is 0 Å². The van der Waals surface area contributed by atoms with E-state index in [4.69, 9.17) is 0 Å². The van der Waals surface area contributed by atoms with Crippen molar-refractivity contribution in [3.05, 3.63) is 46.9 Å². The molecular formula is C16H17N3O2S. The predicted octanol–water partition coefficient (Wildman–Crippen LogP) is 2.63.